The molecule has 130 valence electrons. The molecule has 0 radical (unpaired) electrons. The Morgan fingerprint density at radius 2 is 1.76 bits per heavy atom. The van der Waals surface area contributed by atoms with Gasteiger partial charge in [-0.3, -0.25) is 4.90 Å². The van der Waals surface area contributed by atoms with Gasteiger partial charge in [-0.05, 0) is 36.4 Å². The van der Waals surface area contributed by atoms with Gasteiger partial charge in [0.2, 0.25) is 0 Å². The van der Waals surface area contributed by atoms with Crippen molar-refractivity contribution in [2.24, 2.45) is 0 Å². The number of hydrogen-bond acceptors (Lipinski definition) is 6. The third-order valence-corrected chi connectivity index (χ3v) is 5.10. The highest BCUT2D eigenvalue weighted by atomic mass is 32.1. The number of ether oxygens (including phenoxy) is 2. The van der Waals surface area contributed by atoms with E-state index in [1.807, 2.05) is 42.5 Å². The monoisotopic (exact) mass is 355 g/mol. The molecule has 0 saturated carbocycles. The van der Waals surface area contributed by atoms with Gasteiger partial charge in [0, 0.05) is 32.7 Å². The van der Waals surface area contributed by atoms with Crippen LogP contribution in [0.3, 0.4) is 0 Å². The summed E-state index contributed by atoms with van der Waals surface area (Å²) in [5, 5.41) is 4.02. The lowest BCUT2D eigenvalue weighted by molar-refractivity contribution is 0.191. The average Bonchev–Trinajstić information content (AvgIpc) is 3.06. The van der Waals surface area contributed by atoms with Crippen molar-refractivity contribution in [1.29, 1.82) is 0 Å². The fourth-order valence-electron chi connectivity index (χ4n) is 2.83. The zero-order valence-corrected chi connectivity index (χ0v) is 14.8. The Morgan fingerprint density at radius 1 is 1.00 bits per heavy atom. The quantitative estimate of drug-likeness (QED) is 0.735. The topological polar surface area (TPSA) is 46.6 Å². The Labute approximate surface area is 151 Å². The highest BCUT2D eigenvalue weighted by Crippen LogP contribution is 2.31. The molecule has 0 unspecified atom stereocenters. The smallest absolute Gasteiger partial charge is 0.279 e. The van der Waals surface area contributed by atoms with Gasteiger partial charge >= 0.3 is 0 Å². The average molecular weight is 355 g/mol. The third-order valence-electron chi connectivity index (χ3n) is 4.19. The second kappa shape index (κ2) is 7.82. The predicted octanol–water partition coefficient (Wildman–Crippen LogP) is 3.37. The molecule has 0 aliphatic carbocycles. The number of fused-ring (bicyclic) bond motifs is 1. The highest BCUT2D eigenvalue weighted by molar-refractivity contribution is 7.20. The molecule has 6 heteroatoms. The Morgan fingerprint density at radius 3 is 2.56 bits per heavy atom. The first kappa shape index (κ1) is 16.3. The van der Waals surface area contributed by atoms with Crippen LogP contribution in [0.5, 0.6) is 16.7 Å². The van der Waals surface area contributed by atoms with Crippen molar-refractivity contribution in [2.75, 3.05) is 39.3 Å². The van der Waals surface area contributed by atoms with Gasteiger partial charge in [0.25, 0.3) is 5.19 Å². The molecule has 25 heavy (non-hydrogen) atoms. The summed E-state index contributed by atoms with van der Waals surface area (Å²) in [5.41, 5.74) is 0.968. The van der Waals surface area contributed by atoms with Crippen LogP contribution in [-0.4, -0.2) is 49.2 Å². The molecule has 0 bridgehead atoms. The first-order valence-electron chi connectivity index (χ1n) is 8.56. The van der Waals surface area contributed by atoms with Gasteiger partial charge in [-0.15, -0.1) is 0 Å². The molecule has 0 spiro atoms. The van der Waals surface area contributed by atoms with Gasteiger partial charge in [-0.2, -0.15) is 0 Å². The van der Waals surface area contributed by atoms with E-state index in [1.165, 1.54) is 0 Å². The van der Waals surface area contributed by atoms with Crippen molar-refractivity contribution >= 4 is 21.6 Å². The lowest BCUT2D eigenvalue weighted by Crippen LogP contribution is -2.44. The maximum Gasteiger partial charge on any atom is 0.279 e. The number of rotatable bonds is 6. The number of aromatic nitrogens is 1. The van der Waals surface area contributed by atoms with Crippen LogP contribution in [0.1, 0.15) is 0 Å². The zero-order valence-electron chi connectivity index (χ0n) is 14.0. The largest absolute Gasteiger partial charge is 0.492 e. The van der Waals surface area contributed by atoms with Crippen LogP contribution in [-0.2, 0) is 0 Å². The number of hydrogen-bond donors (Lipinski definition) is 1. The minimum absolute atomic E-state index is 0.661. The standard InChI is InChI=1S/C19H21N3O2S/c1-2-4-18-17(3-1)21-19(25-18)24-16-7-5-15(6-8-16)23-14-13-22-11-9-20-10-12-22/h1-8,20H,9-14H2. The predicted molar refractivity (Wildman–Crippen MR) is 101 cm³/mol. The molecule has 1 N–H and O–H groups in total. The van der Waals surface area contributed by atoms with Gasteiger partial charge in [-0.25, -0.2) is 4.98 Å². The van der Waals surface area contributed by atoms with Gasteiger partial charge in [-0.1, -0.05) is 23.5 Å². The molecule has 1 aliphatic rings. The number of nitrogens with one attached hydrogen (secondary N) is 1. The first-order chi connectivity index (χ1) is 12.4. The van der Waals surface area contributed by atoms with Gasteiger partial charge in [0.15, 0.2) is 0 Å². The summed E-state index contributed by atoms with van der Waals surface area (Å²) in [4.78, 5) is 6.90. The van der Waals surface area contributed by atoms with Gasteiger partial charge < -0.3 is 14.8 Å². The second-order valence-corrected chi connectivity index (χ2v) is 6.95. The summed E-state index contributed by atoms with van der Waals surface area (Å²) in [5.74, 6) is 1.64. The van der Waals surface area contributed by atoms with E-state index in [4.69, 9.17) is 9.47 Å². The van der Waals surface area contributed by atoms with E-state index in [2.05, 4.69) is 21.3 Å². The second-order valence-electron chi connectivity index (χ2n) is 5.96. The Balaban J connectivity index is 1.30. The summed E-state index contributed by atoms with van der Waals surface area (Å²) >= 11 is 1.55. The summed E-state index contributed by atoms with van der Waals surface area (Å²) in [6.07, 6.45) is 0. The molecule has 0 amide bonds. The van der Waals surface area contributed by atoms with Crippen molar-refractivity contribution in [3.8, 4) is 16.7 Å². The fourth-order valence-corrected chi connectivity index (χ4v) is 3.66. The maximum absolute atomic E-state index is 5.85. The molecule has 1 aromatic heterocycles. The molecule has 5 nitrogen and oxygen atoms in total. The van der Waals surface area contributed by atoms with Crippen molar-refractivity contribution in [2.45, 2.75) is 0 Å². The summed E-state index contributed by atoms with van der Waals surface area (Å²) in [7, 11) is 0. The van der Waals surface area contributed by atoms with Crippen molar-refractivity contribution < 1.29 is 9.47 Å². The van der Waals surface area contributed by atoms with Crippen LogP contribution in [0.15, 0.2) is 48.5 Å². The van der Waals surface area contributed by atoms with E-state index in [0.717, 1.165) is 54.4 Å². The van der Waals surface area contributed by atoms with E-state index in [0.29, 0.717) is 11.8 Å². The molecular weight excluding hydrogens is 334 g/mol. The molecule has 1 aliphatic heterocycles. The zero-order chi connectivity index (χ0) is 16.9. The van der Waals surface area contributed by atoms with E-state index in [9.17, 15) is 0 Å². The third kappa shape index (κ3) is 4.28. The Bertz CT molecular complexity index is 780. The molecule has 2 heterocycles. The molecule has 3 aromatic rings. The number of benzene rings is 2. The molecular formula is C19H21N3O2S. The molecule has 0 atom stereocenters. The summed E-state index contributed by atoms with van der Waals surface area (Å²) < 4.78 is 12.8. The number of nitrogens with zero attached hydrogens (tertiary/aromatic N) is 2. The van der Waals surface area contributed by atoms with Crippen molar-refractivity contribution in [3.63, 3.8) is 0 Å². The highest BCUT2D eigenvalue weighted by Gasteiger charge is 2.09. The van der Waals surface area contributed by atoms with Crippen molar-refractivity contribution in [3.05, 3.63) is 48.5 Å². The lowest BCUT2D eigenvalue weighted by atomic mass is 10.3. The Kier molecular flexibility index (Phi) is 5.11. The summed E-state index contributed by atoms with van der Waals surface area (Å²) in [6, 6.07) is 15.8. The van der Waals surface area contributed by atoms with Crippen molar-refractivity contribution in [1.82, 2.24) is 15.2 Å². The van der Waals surface area contributed by atoms with E-state index in [1.54, 1.807) is 11.3 Å². The minimum atomic E-state index is 0.661. The van der Waals surface area contributed by atoms with Crippen LogP contribution in [0.4, 0.5) is 0 Å². The maximum atomic E-state index is 5.85. The number of thiazole rings is 1. The van der Waals surface area contributed by atoms with Crippen LogP contribution >= 0.6 is 11.3 Å². The fraction of sp³-hybridized carbons (Fsp3) is 0.316. The van der Waals surface area contributed by atoms with E-state index < -0.39 is 0 Å². The Hall–Kier alpha value is -2.15. The summed E-state index contributed by atoms with van der Waals surface area (Å²) in [6.45, 7) is 6.00. The van der Waals surface area contributed by atoms with Crippen LogP contribution in [0.2, 0.25) is 0 Å². The van der Waals surface area contributed by atoms with E-state index >= 15 is 0 Å². The molecule has 1 saturated heterocycles. The number of piperazine rings is 1. The van der Waals surface area contributed by atoms with Gasteiger partial charge in [0.1, 0.15) is 18.1 Å². The van der Waals surface area contributed by atoms with Crippen LogP contribution in [0.25, 0.3) is 10.2 Å². The minimum Gasteiger partial charge on any atom is -0.492 e. The molecule has 4 rings (SSSR count). The molecule has 1 fully saturated rings. The normalized spacial score (nSPS) is 15.4. The van der Waals surface area contributed by atoms with Crippen LogP contribution in [0, 0.1) is 0 Å². The SMILES string of the molecule is c1ccc2sc(Oc3ccc(OCCN4CCNCC4)cc3)nc2c1. The number of para-hydroxylation sites is 1. The lowest BCUT2D eigenvalue weighted by Gasteiger charge is -2.26. The van der Waals surface area contributed by atoms with E-state index in [-0.39, 0.29) is 0 Å². The van der Waals surface area contributed by atoms with Crippen LogP contribution < -0.4 is 14.8 Å². The molecule has 2 aromatic carbocycles. The van der Waals surface area contributed by atoms with Gasteiger partial charge in [0.05, 0.1) is 10.2 Å². The first-order valence-corrected chi connectivity index (χ1v) is 9.38.